The van der Waals surface area contributed by atoms with Crippen LogP contribution in [0.3, 0.4) is 0 Å². The minimum absolute atomic E-state index is 0.0992. The van der Waals surface area contributed by atoms with Crippen molar-refractivity contribution in [3.63, 3.8) is 0 Å². The summed E-state index contributed by atoms with van der Waals surface area (Å²) in [5.74, 6) is -0.261. The molecular weight excluding hydrogens is 320 g/mol. The Labute approximate surface area is 140 Å². The molecule has 1 aromatic carbocycles. The molecule has 0 aliphatic carbocycles. The van der Waals surface area contributed by atoms with Gasteiger partial charge in [-0.2, -0.15) is 0 Å². The van der Waals surface area contributed by atoms with Gasteiger partial charge in [0, 0.05) is 12.1 Å². The Bertz CT molecular complexity index is 550. The first-order chi connectivity index (χ1) is 11.0. The predicted molar refractivity (Wildman–Crippen MR) is 86.8 cm³/mol. The van der Waals surface area contributed by atoms with E-state index in [2.05, 4.69) is 0 Å². The molecule has 2 rings (SSSR count). The summed E-state index contributed by atoms with van der Waals surface area (Å²) in [4.78, 5) is 26.6. The topological polar surface area (TPSA) is 70.1 Å². The molecule has 1 aliphatic rings. The van der Waals surface area contributed by atoms with Gasteiger partial charge in [0.05, 0.1) is 13.1 Å². The molecule has 1 saturated heterocycles. The number of carbonyl (C=O) groups excluding carboxylic acids is 1. The lowest BCUT2D eigenvalue weighted by Crippen LogP contribution is -2.44. The molecule has 1 aromatic rings. The van der Waals surface area contributed by atoms with E-state index in [4.69, 9.17) is 21.4 Å². The largest absolute Gasteiger partial charge is 0.492 e. The van der Waals surface area contributed by atoms with E-state index >= 15 is 0 Å². The van der Waals surface area contributed by atoms with E-state index in [1.165, 1.54) is 0 Å². The summed E-state index contributed by atoms with van der Waals surface area (Å²) >= 11 is 5.80. The molecule has 126 valence electrons. The van der Waals surface area contributed by atoms with Gasteiger partial charge in [0.1, 0.15) is 18.4 Å². The number of carboxylic acid groups (broad SMARTS) is 1. The van der Waals surface area contributed by atoms with Crippen LogP contribution in [0.15, 0.2) is 24.3 Å². The Balaban J connectivity index is 1.74. The van der Waals surface area contributed by atoms with Gasteiger partial charge in [-0.05, 0) is 43.7 Å². The number of benzene rings is 1. The molecule has 0 aromatic heterocycles. The highest BCUT2D eigenvalue weighted by Crippen LogP contribution is 2.17. The summed E-state index contributed by atoms with van der Waals surface area (Å²) in [6.07, 6.45) is 1.42. The van der Waals surface area contributed by atoms with Crippen LogP contribution in [-0.4, -0.2) is 66.1 Å². The molecule has 0 radical (unpaired) electrons. The molecule has 0 saturated carbocycles. The van der Waals surface area contributed by atoms with Crippen molar-refractivity contribution in [3.05, 3.63) is 29.3 Å². The fourth-order valence-corrected chi connectivity index (χ4v) is 2.67. The lowest BCUT2D eigenvalue weighted by molar-refractivity contribution is -0.143. The third-order valence-corrected chi connectivity index (χ3v) is 4.17. The molecule has 0 unspecified atom stereocenters. The molecular formula is C16H21ClN2O4. The Morgan fingerprint density at radius 2 is 2.09 bits per heavy atom. The second-order valence-corrected chi connectivity index (χ2v) is 6.02. The number of likely N-dealkylation sites (tertiary alicyclic amines) is 1. The number of ether oxygens (including phenoxy) is 1. The third-order valence-electron chi connectivity index (χ3n) is 3.92. The van der Waals surface area contributed by atoms with Crippen molar-refractivity contribution in [3.8, 4) is 5.75 Å². The number of halogens is 1. The first kappa shape index (κ1) is 17.6. The fourth-order valence-electron chi connectivity index (χ4n) is 2.55. The number of carbonyl (C=O) groups is 2. The summed E-state index contributed by atoms with van der Waals surface area (Å²) < 4.78 is 5.55. The van der Waals surface area contributed by atoms with Gasteiger partial charge >= 0.3 is 5.97 Å². The summed E-state index contributed by atoms with van der Waals surface area (Å²) in [5, 5.41) is 9.77. The molecule has 6 nitrogen and oxygen atoms in total. The van der Waals surface area contributed by atoms with Crippen molar-refractivity contribution in [2.24, 2.45) is 0 Å². The van der Waals surface area contributed by atoms with Crippen LogP contribution in [0.4, 0.5) is 0 Å². The van der Waals surface area contributed by atoms with Crippen molar-refractivity contribution in [2.75, 3.05) is 33.3 Å². The molecule has 1 aliphatic heterocycles. The Hall–Kier alpha value is -1.79. The van der Waals surface area contributed by atoms with E-state index in [1.807, 2.05) is 0 Å². The standard InChI is InChI=1S/C16H21ClN2O4/c1-18(9-10-23-13-6-4-12(17)5-7-13)15(20)11-19-8-2-3-14(19)16(21)22/h4-7,14H,2-3,8-11H2,1H3,(H,21,22)/t14-/m1/s1. The predicted octanol–water partition coefficient (Wildman–Crippen LogP) is 1.73. The van der Waals surface area contributed by atoms with Crippen LogP contribution >= 0.6 is 11.6 Å². The number of hydrogen-bond donors (Lipinski definition) is 1. The zero-order valence-electron chi connectivity index (χ0n) is 13.1. The van der Waals surface area contributed by atoms with Gasteiger partial charge in [0.15, 0.2) is 0 Å². The summed E-state index contributed by atoms with van der Waals surface area (Å²) in [5.41, 5.74) is 0. The molecule has 1 fully saturated rings. The first-order valence-electron chi connectivity index (χ1n) is 7.56. The highest BCUT2D eigenvalue weighted by Gasteiger charge is 2.32. The molecule has 1 atom stereocenters. The molecule has 0 bridgehead atoms. The number of nitrogens with zero attached hydrogens (tertiary/aromatic N) is 2. The molecule has 1 amide bonds. The number of hydrogen-bond acceptors (Lipinski definition) is 4. The summed E-state index contributed by atoms with van der Waals surface area (Å²) in [7, 11) is 1.69. The Morgan fingerprint density at radius 1 is 1.39 bits per heavy atom. The second-order valence-electron chi connectivity index (χ2n) is 5.58. The lowest BCUT2D eigenvalue weighted by Gasteiger charge is -2.24. The minimum Gasteiger partial charge on any atom is -0.492 e. The van der Waals surface area contributed by atoms with Crippen LogP contribution in [0.5, 0.6) is 5.75 Å². The third kappa shape index (κ3) is 5.11. The van der Waals surface area contributed by atoms with Crippen LogP contribution < -0.4 is 4.74 Å². The van der Waals surface area contributed by atoms with E-state index < -0.39 is 12.0 Å². The molecule has 1 N–H and O–H groups in total. The van der Waals surface area contributed by atoms with E-state index in [9.17, 15) is 9.59 Å². The number of likely N-dealkylation sites (N-methyl/N-ethyl adjacent to an activating group) is 1. The minimum atomic E-state index is -0.857. The van der Waals surface area contributed by atoms with E-state index in [0.29, 0.717) is 36.9 Å². The Morgan fingerprint density at radius 3 is 2.74 bits per heavy atom. The molecule has 1 heterocycles. The highest BCUT2D eigenvalue weighted by atomic mass is 35.5. The van der Waals surface area contributed by atoms with Gasteiger partial charge in [0.25, 0.3) is 0 Å². The molecule has 7 heteroatoms. The zero-order chi connectivity index (χ0) is 16.8. The smallest absolute Gasteiger partial charge is 0.320 e. The van der Waals surface area contributed by atoms with Gasteiger partial charge in [-0.3, -0.25) is 14.5 Å². The molecule has 0 spiro atoms. The monoisotopic (exact) mass is 340 g/mol. The maximum absolute atomic E-state index is 12.2. The number of amides is 1. The van der Waals surface area contributed by atoms with Crippen molar-refractivity contribution >= 4 is 23.5 Å². The number of carboxylic acids is 1. The summed E-state index contributed by atoms with van der Waals surface area (Å²) in [6, 6.07) is 6.48. The number of aliphatic carboxylic acids is 1. The van der Waals surface area contributed by atoms with E-state index in [0.717, 1.165) is 6.42 Å². The van der Waals surface area contributed by atoms with Crippen LogP contribution in [0.2, 0.25) is 5.02 Å². The van der Waals surface area contributed by atoms with Gasteiger partial charge < -0.3 is 14.7 Å². The van der Waals surface area contributed by atoms with Gasteiger partial charge in [0.2, 0.25) is 5.91 Å². The van der Waals surface area contributed by atoms with Crippen molar-refractivity contribution < 1.29 is 19.4 Å². The van der Waals surface area contributed by atoms with Crippen molar-refractivity contribution in [1.82, 2.24) is 9.80 Å². The fraction of sp³-hybridized carbons (Fsp3) is 0.500. The van der Waals surface area contributed by atoms with Crippen molar-refractivity contribution in [1.29, 1.82) is 0 Å². The van der Waals surface area contributed by atoms with Crippen LogP contribution in [0.25, 0.3) is 0 Å². The van der Waals surface area contributed by atoms with Crippen molar-refractivity contribution in [2.45, 2.75) is 18.9 Å². The van der Waals surface area contributed by atoms with Crippen LogP contribution in [0.1, 0.15) is 12.8 Å². The average molecular weight is 341 g/mol. The SMILES string of the molecule is CN(CCOc1ccc(Cl)cc1)C(=O)CN1CCC[C@@H]1C(=O)O. The van der Waals surface area contributed by atoms with Gasteiger partial charge in [-0.25, -0.2) is 0 Å². The normalized spacial score (nSPS) is 17.9. The highest BCUT2D eigenvalue weighted by molar-refractivity contribution is 6.30. The maximum atomic E-state index is 12.2. The van der Waals surface area contributed by atoms with Gasteiger partial charge in [-0.1, -0.05) is 11.6 Å². The van der Waals surface area contributed by atoms with Crippen LogP contribution in [0, 0.1) is 0 Å². The summed E-state index contributed by atoms with van der Waals surface area (Å²) in [6.45, 7) is 1.59. The zero-order valence-corrected chi connectivity index (χ0v) is 13.8. The molecule has 23 heavy (non-hydrogen) atoms. The second kappa shape index (κ2) is 8.17. The van der Waals surface area contributed by atoms with E-state index in [1.54, 1.807) is 41.1 Å². The first-order valence-corrected chi connectivity index (χ1v) is 7.94. The number of rotatable bonds is 7. The lowest BCUT2D eigenvalue weighted by atomic mass is 10.2. The quantitative estimate of drug-likeness (QED) is 0.818. The van der Waals surface area contributed by atoms with Gasteiger partial charge in [-0.15, -0.1) is 0 Å². The Kier molecular flexibility index (Phi) is 6.24. The van der Waals surface area contributed by atoms with E-state index in [-0.39, 0.29) is 12.5 Å². The van der Waals surface area contributed by atoms with Crippen LogP contribution in [-0.2, 0) is 9.59 Å². The maximum Gasteiger partial charge on any atom is 0.320 e. The average Bonchev–Trinajstić information content (AvgIpc) is 2.97.